The van der Waals surface area contributed by atoms with E-state index < -0.39 is 17.7 Å². The predicted molar refractivity (Wildman–Crippen MR) is 122 cm³/mol. The summed E-state index contributed by atoms with van der Waals surface area (Å²) in [6.45, 7) is 4.14. The zero-order valence-corrected chi connectivity index (χ0v) is 18.8. The molecule has 0 bridgehead atoms. The molecule has 2 aliphatic rings. The second-order valence-corrected chi connectivity index (χ2v) is 9.25. The summed E-state index contributed by atoms with van der Waals surface area (Å²) in [6, 6.07) is 17.4. The zero-order valence-electron chi connectivity index (χ0n) is 18.8. The summed E-state index contributed by atoms with van der Waals surface area (Å²) >= 11 is 0. The smallest absolute Gasteiger partial charge is 0.325 e. The standard InChI is InChI=1S/C26H32N2O4/c1-18-12-14-26(15-13-18)24(30)28(25(31)27-26)16-21(29)17-32-23(20-9-4-3-5-10-20)22-11-7-6-8-19(22)2/h3-11,18,21,23,29H,12-17H2,1-2H3,(H,27,31)/t18?,21-,23+,26?/m1/s1. The quantitative estimate of drug-likeness (QED) is 0.644. The van der Waals surface area contributed by atoms with Gasteiger partial charge in [-0.3, -0.25) is 9.69 Å². The molecule has 0 unspecified atom stereocenters. The van der Waals surface area contributed by atoms with Gasteiger partial charge in [-0.25, -0.2) is 4.79 Å². The van der Waals surface area contributed by atoms with E-state index >= 15 is 0 Å². The van der Waals surface area contributed by atoms with Crippen LogP contribution in [0.5, 0.6) is 0 Å². The molecule has 2 aromatic carbocycles. The van der Waals surface area contributed by atoms with Crippen LogP contribution in [0.15, 0.2) is 54.6 Å². The number of urea groups is 1. The molecule has 2 atom stereocenters. The van der Waals surface area contributed by atoms with Gasteiger partial charge in [0.05, 0.1) is 19.3 Å². The van der Waals surface area contributed by atoms with Gasteiger partial charge >= 0.3 is 6.03 Å². The van der Waals surface area contributed by atoms with Gasteiger partial charge < -0.3 is 15.2 Å². The Hall–Kier alpha value is -2.70. The largest absolute Gasteiger partial charge is 0.389 e. The minimum atomic E-state index is -0.974. The Bertz CT molecular complexity index is 953. The molecule has 1 saturated heterocycles. The van der Waals surface area contributed by atoms with E-state index in [1.54, 1.807) is 0 Å². The molecule has 1 aliphatic carbocycles. The molecule has 32 heavy (non-hydrogen) atoms. The number of hydrogen-bond acceptors (Lipinski definition) is 4. The third-order valence-corrected chi connectivity index (χ3v) is 6.80. The minimum Gasteiger partial charge on any atom is -0.389 e. The first-order valence-corrected chi connectivity index (χ1v) is 11.4. The third-order valence-electron chi connectivity index (χ3n) is 6.80. The SMILES string of the molecule is Cc1ccccc1[C@@H](OC[C@H](O)CN1C(=O)NC2(CCC(C)CC2)C1=O)c1ccccc1. The molecule has 6 nitrogen and oxygen atoms in total. The Kier molecular flexibility index (Phi) is 6.63. The van der Waals surface area contributed by atoms with Crippen molar-refractivity contribution in [3.05, 3.63) is 71.3 Å². The zero-order chi connectivity index (χ0) is 22.7. The van der Waals surface area contributed by atoms with Crippen LogP contribution in [-0.2, 0) is 9.53 Å². The maximum absolute atomic E-state index is 13.1. The number of imide groups is 1. The van der Waals surface area contributed by atoms with Gasteiger partial charge in [-0.2, -0.15) is 0 Å². The van der Waals surface area contributed by atoms with E-state index in [1.165, 1.54) is 0 Å². The van der Waals surface area contributed by atoms with E-state index in [9.17, 15) is 14.7 Å². The number of aliphatic hydroxyl groups excluding tert-OH is 1. The van der Waals surface area contributed by atoms with Gasteiger partial charge in [0.25, 0.3) is 5.91 Å². The Morgan fingerprint density at radius 3 is 2.44 bits per heavy atom. The molecule has 2 aromatic rings. The third kappa shape index (κ3) is 4.57. The molecule has 0 radical (unpaired) electrons. The topological polar surface area (TPSA) is 78.9 Å². The summed E-state index contributed by atoms with van der Waals surface area (Å²) in [5.74, 6) is 0.349. The fourth-order valence-corrected chi connectivity index (χ4v) is 4.78. The summed E-state index contributed by atoms with van der Waals surface area (Å²) in [5.41, 5.74) is 2.31. The van der Waals surface area contributed by atoms with Crippen LogP contribution in [0.2, 0.25) is 0 Å². The molecule has 6 heteroatoms. The van der Waals surface area contributed by atoms with Crippen molar-refractivity contribution in [2.75, 3.05) is 13.2 Å². The summed E-state index contributed by atoms with van der Waals surface area (Å²) in [7, 11) is 0. The highest BCUT2D eigenvalue weighted by molar-refractivity contribution is 6.07. The molecule has 0 aromatic heterocycles. The number of ether oxygens (including phenoxy) is 1. The van der Waals surface area contributed by atoms with E-state index in [0.717, 1.165) is 34.4 Å². The summed E-state index contributed by atoms with van der Waals surface area (Å²) < 4.78 is 6.17. The van der Waals surface area contributed by atoms with Gasteiger partial charge in [-0.1, -0.05) is 61.5 Å². The number of β-amino-alcohol motifs (C(OH)–C–C–N with tert-alkyl or cyclic N) is 1. The lowest BCUT2D eigenvalue weighted by Gasteiger charge is -2.33. The molecular weight excluding hydrogens is 404 g/mol. The van der Waals surface area contributed by atoms with Gasteiger partial charge in [0.15, 0.2) is 0 Å². The lowest BCUT2D eigenvalue weighted by atomic mass is 9.77. The van der Waals surface area contributed by atoms with Crippen LogP contribution >= 0.6 is 0 Å². The second-order valence-electron chi connectivity index (χ2n) is 9.25. The van der Waals surface area contributed by atoms with E-state index in [2.05, 4.69) is 12.2 Å². The molecule has 4 rings (SSSR count). The Balaban J connectivity index is 1.43. The fraction of sp³-hybridized carbons (Fsp3) is 0.462. The number of carbonyl (C=O) groups excluding carboxylic acids is 2. The summed E-state index contributed by atoms with van der Waals surface area (Å²) in [6.07, 6.45) is 1.83. The van der Waals surface area contributed by atoms with E-state index in [1.807, 2.05) is 61.5 Å². The monoisotopic (exact) mass is 436 g/mol. The van der Waals surface area contributed by atoms with Crippen molar-refractivity contribution in [1.82, 2.24) is 10.2 Å². The molecule has 1 spiro atoms. The van der Waals surface area contributed by atoms with Crippen LogP contribution in [0.1, 0.15) is 55.4 Å². The fourth-order valence-electron chi connectivity index (χ4n) is 4.78. The molecule has 170 valence electrons. The Morgan fingerprint density at radius 2 is 1.75 bits per heavy atom. The van der Waals surface area contributed by atoms with Crippen LogP contribution in [0.4, 0.5) is 4.79 Å². The van der Waals surface area contributed by atoms with Crippen molar-refractivity contribution < 1.29 is 19.4 Å². The van der Waals surface area contributed by atoms with Crippen LogP contribution < -0.4 is 5.32 Å². The Morgan fingerprint density at radius 1 is 1.09 bits per heavy atom. The lowest BCUT2D eigenvalue weighted by molar-refractivity contribution is -0.134. The van der Waals surface area contributed by atoms with Crippen LogP contribution in [0.3, 0.4) is 0 Å². The van der Waals surface area contributed by atoms with Crippen molar-refractivity contribution in [2.45, 2.75) is 57.3 Å². The van der Waals surface area contributed by atoms with Gasteiger partial charge in [0.2, 0.25) is 0 Å². The summed E-state index contributed by atoms with van der Waals surface area (Å²) in [5, 5.41) is 13.6. The first-order valence-electron chi connectivity index (χ1n) is 11.4. The number of benzene rings is 2. The first-order chi connectivity index (χ1) is 15.4. The van der Waals surface area contributed by atoms with Crippen molar-refractivity contribution in [3.63, 3.8) is 0 Å². The minimum absolute atomic E-state index is 0.00892. The van der Waals surface area contributed by atoms with Crippen LogP contribution in [0, 0.1) is 12.8 Å². The number of rotatable bonds is 7. The number of nitrogens with zero attached hydrogens (tertiary/aromatic N) is 1. The van der Waals surface area contributed by atoms with Gasteiger partial charge in [0, 0.05) is 0 Å². The van der Waals surface area contributed by atoms with Gasteiger partial charge in [-0.15, -0.1) is 0 Å². The van der Waals surface area contributed by atoms with E-state index in [0.29, 0.717) is 18.8 Å². The molecule has 1 heterocycles. The first kappa shape index (κ1) is 22.5. The molecule has 2 fully saturated rings. The highest BCUT2D eigenvalue weighted by atomic mass is 16.5. The highest BCUT2D eigenvalue weighted by Gasteiger charge is 2.52. The highest BCUT2D eigenvalue weighted by Crippen LogP contribution is 2.36. The van der Waals surface area contributed by atoms with Crippen molar-refractivity contribution in [2.24, 2.45) is 5.92 Å². The number of aryl methyl sites for hydroxylation is 1. The van der Waals surface area contributed by atoms with Crippen molar-refractivity contribution in [1.29, 1.82) is 0 Å². The normalized spacial score (nSPS) is 25.1. The van der Waals surface area contributed by atoms with E-state index in [4.69, 9.17) is 4.74 Å². The molecule has 3 amide bonds. The average Bonchev–Trinajstić information content (AvgIpc) is 3.02. The predicted octanol–water partition coefficient (Wildman–Crippen LogP) is 3.96. The van der Waals surface area contributed by atoms with Crippen LogP contribution in [0.25, 0.3) is 0 Å². The maximum Gasteiger partial charge on any atom is 0.325 e. The summed E-state index contributed by atoms with van der Waals surface area (Å²) in [4.78, 5) is 26.8. The molecular formula is C26H32N2O4. The van der Waals surface area contributed by atoms with Crippen LogP contribution in [-0.4, -0.2) is 46.7 Å². The second kappa shape index (κ2) is 9.43. The average molecular weight is 437 g/mol. The van der Waals surface area contributed by atoms with Crippen molar-refractivity contribution >= 4 is 11.9 Å². The van der Waals surface area contributed by atoms with Gasteiger partial charge in [0.1, 0.15) is 11.6 Å². The maximum atomic E-state index is 13.1. The molecule has 2 N–H and O–H groups in total. The Labute approximate surface area is 189 Å². The number of carbonyl (C=O) groups is 2. The van der Waals surface area contributed by atoms with E-state index in [-0.39, 0.29) is 25.2 Å². The number of nitrogens with one attached hydrogen (secondary N) is 1. The van der Waals surface area contributed by atoms with Gasteiger partial charge in [-0.05, 0) is 55.2 Å². The lowest BCUT2D eigenvalue weighted by Crippen LogP contribution is -2.49. The number of hydrogen-bond donors (Lipinski definition) is 2. The molecule has 1 aliphatic heterocycles. The molecule has 1 saturated carbocycles. The number of amides is 3. The van der Waals surface area contributed by atoms with Crippen molar-refractivity contribution in [3.8, 4) is 0 Å². The number of aliphatic hydroxyl groups is 1.